The van der Waals surface area contributed by atoms with Crippen molar-refractivity contribution in [1.82, 2.24) is 10.2 Å². The van der Waals surface area contributed by atoms with Crippen LogP contribution in [0.2, 0.25) is 0 Å². The number of nitrogens with zero attached hydrogens (tertiary/aromatic N) is 1. The zero-order valence-corrected chi connectivity index (χ0v) is 10.5. The fourth-order valence-corrected chi connectivity index (χ4v) is 3.41. The van der Waals surface area contributed by atoms with E-state index in [1.165, 1.54) is 38.8 Å². The maximum atomic E-state index is 3.34. The molecule has 88 valence electrons. The average molecular weight is 210 g/mol. The van der Waals surface area contributed by atoms with Gasteiger partial charge in [0.1, 0.15) is 0 Å². The maximum Gasteiger partial charge on any atom is 0.0139 e. The van der Waals surface area contributed by atoms with E-state index in [2.05, 4.69) is 31.1 Å². The third-order valence-electron chi connectivity index (χ3n) is 4.46. The summed E-state index contributed by atoms with van der Waals surface area (Å²) >= 11 is 0. The van der Waals surface area contributed by atoms with Gasteiger partial charge >= 0.3 is 0 Å². The lowest BCUT2D eigenvalue weighted by molar-refractivity contribution is 0.00269. The molecule has 0 aromatic heterocycles. The minimum Gasteiger partial charge on any atom is -0.319 e. The van der Waals surface area contributed by atoms with Crippen LogP contribution in [0.1, 0.15) is 39.5 Å². The first-order valence-corrected chi connectivity index (χ1v) is 6.62. The average Bonchev–Trinajstić information content (AvgIpc) is 2.17. The molecule has 1 saturated heterocycles. The summed E-state index contributed by atoms with van der Waals surface area (Å²) in [6.45, 7) is 7.38. The molecule has 1 aliphatic carbocycles. The number of piperidine rings is 1. The van der Waals surface area contributed by atoms with Crippen LogP contribution in [0.25, 0.3) is 0 Å². The predicted octanol–water partition coefficient (Wildman–Crippen LogP) is 2.10. The maximum absolute atomic E-state index is 3.34. The van der Waals surface area contributed by atoms with Crippen molar-refractivity contribution in [3.8, 4) is 0 Å². The lowest BCUT2D eigenvalue weighted by Gasteiger charge is -2.50. The van der Waals surface area contributed by atoms with Gasteiger partial charge in [-0.3, -0.25) is 4.90 Å². The van der Waals surface area contributed by atoms with Crippen molar-refractivity contribution in [3.63, 3.8) is 0 Å². The van der Waals surface area contributed by atoms with Gasteiger partial charge in [-0.25, -0.2) is 0 Å². The van der Waals surface area contributed by atoms with Crippen LogP contribution in [-0.2, 0) is 0 Å². The van der Waals surface area contributed by atoms with E-state index in [0.29, 0.717) is 0 Å². The van der Waals surface area contributed by atoms with Crippen LogP contribution in [0.4, 0.5) is 0 Å². The van der Waals surface area contributed by atoms with Crippen LogP contribution in [0.5, 0.6) is 0 Å². The lowest BCUT2D eigenvalue weighted by Crippen LogP contribution is -2.55. The van der Waals surface area contributed by atoms with Crippen molar-refractivity contribution in [3.05, 3.63) is 0 Å². The molecule has 0 radical (unpaired) electrons. The Morgan fingerprint density at radius 1 is 1.20 bits per heavy atom. The molecule has 4 atom stereocenters. The van der Waals surface area contributed by atoms with Crippen molar-refractivity contribution in [2.45, 2.75) is 51.6 Å². The van der Waals surface area contributed by atoms with Crippen LogP contribution >= 0.6 is 0 Å². The minimum absolute atomic E-state index is 0.818. The summed E-state index contributed by atoms with van der Waals surface area (Å²) in [5.74, 6) is 1.87. The van der Waals surface area contributed by atoms with Gasteiger partial charge in [0.25, 0.3) is 0 Å². The summed E-state index contributed by atoms with van der Waals surface area (Å²) in [5.41, 5.74) is 0. The van der Waals surface area contributed by atoms with Crippen LogP contribution in [0.3, 0.4) is 0 Å². The molecule has 2 aliphatic rings. The molecule has 0 aromatic carbocycles. The summed E-state index contributed by atoms with van der Waals surface area (Å²) in [5, 5.41) is 3.34. The summed E-state index contributed by atoms with van der Waals surface area (Å²) in [7, 11) is 2.08. The van der Waals surface area contributed by atoms with Crippen molar-refractivity contribution in [2.75, 3.05) is 20.1 Å². The standard InChI is InChI=1S/C13H26N2/c1-10-6-7-15(11(2)8-10)13-5-4-12(13)9-14-3/h10-14H,4-9H2,1-3H3. The minimum atomic E-state index is 0.818. The topological polar surface area (TPSA) is 15.3 Å². The largest absolute Gasteiger partial charge is 0.319 e. The van der Waals surface area contributed by atoms with Crippen LogP contribution < -0.4 is 5.32 Å². The van der Waals surface area contributed by atoms with E-state index in [4.69, 9.17) is 0 Å². The second kappa shape index (κ2) is 4.84. The number of likely N-dealkylation sites (tertiary alicyclic amines) is 1. The van der Waals surface area contributed by atoms with Gasteiger partial charge in [-0.2, -0.15) is 0 Å². The summed E-state index contributed by atoms with van der Waals surface area (Å²) < 4.78 is 0. The highest BCUT2D eigenvalue weighted by Crippen LogP contribution is 2.36. The smallest absolute Gasteiger partial charge is 0.0139 e. The van der Waals surface area contributed by atoms with E-state index in [9.17, 15) is 0 Å². The molecule has 2 rings (SSSR count). The molecule has 2 nitrogen and oxygen atoms in total. The van der Waals surface area contributed by atoms with Crippen LogP contribution in [-0.4, -0.2) is 37.1 Å². The van der Waals surface area contributed by atoms with E-state index < -0.39 is 0 Å². The Balaban J connectivity index is 1.87. The fraction of sp³-hybridized carbons (Fsp3) is 1.00. The van der Waals surface area contributed by atoms with Gasteiger partial charge in [0.2, 0.25) is 0 Å². The monoisotopic (exact) mass is 210 g/mol. The van der Waals surface area contributed by atoms with Gasteiger partial charge in [0, 0.05) is 12.1 Å². The predicted molar refractivity (Wildman–Crippen MR) is 65.0 cm³/mol. The molecule has 1 aliphatic heterocycles. The van der Waals surface area contributed by atoms with Gasteiger partial charge < -0.3 is 5.32 Å². The molecule has 2 heteroatoms. The molecular formula is C13H26N2. The van der Waals surface area contributed by atoms with Crippen LogP contribution in [0.15, 0.2) is 0 Å². The summed E-state index contributed by atoms with van der Waals surface area (Å²) in [6, 6.07) is 1.71. The Bertz CT molecular complexity index is 205. The second-order valence-corrected chi connectivity index (χ2v) is 5.68. The van der Waals surface area contributed by atoms with Crippen molar-refractivity contribution >= 4 is 0 Å². The highest BCUT2D eigenvalue weighted by atomic mass is 15.2. The van der Waals surface area contributed by atoms with Gasteiger partial charge in [-0.1, -0.05) is 6.92 Å². The number of rotatable bonds is 3. The highest BCUT2D eigenvalue weighted by molar-refractivity contribution is 4.93. The zero-order valence-electron chi connectivity index (χ0n) is 10.5. The Morgan fingerprint density at radius 3 is 2.53 bits per heavy atom. The van der Waals surface area contributed by atoms with Gasteiger partial charge in [0.15, 0.2) is 0 Å². The number of hydrogen-bond donors (Lipinski definition) is 1. The number of hydrogen-bond acceptors (Lipinski definition) is 2. The summed E-state index contributed by atoms with van der Waals surface area (Å²) in [4.78, 5) is 2.78. The first-order chi connectivity index (χ1) is 7.22. The van der Waals surface area contributed by atoms with Crippen molar-refractivity contribution in [1.29, 1.82) is 0 Å². The van der Waals surface area contributed by atoms with Crippen molar-refractivity contribution in [2.24, 2.45) is 11.8 Å². The van der Waals surface area contributed by atoms with E-state index in [1.807, 2.05) is 0 Å². The first-order valence-electron chi connectivity index (χ1n) is 6.62. The molecule has 4 unspecified atom stereocenters. The Labute approximate surface area is 94.4 Å². The van der Waals surface area contributed by atoms with E-state index in [-0.39, 0.29) is 0 Å². The molecule has 1 heterocycles. The van der Waals surface area contributed by atoms with Gasteiger partial charge in [-0.05, 0) is 64.6 Å². The molecule has 1 N–H and O–H groups in total. The molecule has 0 bridgehead atoms. The normalized spacial score (nSPS) is 42.6. The molecular weight excluding hydrogens is 184 g/mol. The molecule has 2 fully saturated rings. The Kier molecular flexibility index (Phi) is 3.68. The number of nitrogens with one attached hydrogen (secondary N) is 1. The van der Waals surface area contributed by atoms with E-state index >= 15 is 0 Å². The Hall–Kier alpha value is -0.0800. The zero-order chi connectivity index (χ0) is 10.8. The summed E-state index contributed by atoms with van der Waals surface area (Å²) in [6.07, 6.45) is 5.69. The Morgan fingerprint density at radius 2 is 2.00 bits per heavy atom. The van der Waals surface area contributed by atoms with Gasteiger partial charge in [0.05, 0.1) is 0 Å². The third kappa shape index (κ3) is 2.36. The molecule has 15 heavy (non-hydrogen) atoms. The quantitative estimate of drug-likeness (QED) is 0.767. The molecule has 0 aromatic rings. The third-order valence-corrected chi connectivity index (χ3v) is 4.46. The molecule has 0 amide bonds. The van der Waals surface area contributed by atoms with E-state index in [0.717, 1.165) is 23.9 Å². The highest BCUT2D eigenvalue weighted by Gasteiger charge is 2.38. The molecule has 1 saturated carbocycles. The van der Waals surface area contributed by atoms with Gasteiger partial charge in [-0.15, -0.1) is 0 Å². The van der Waals surface area contributed by atoms with Crippen LogP contribution in [0, 0.1) is 11.8 Å². The second-order valence-electron chi connectivity index (χ2n) is 5.68. The first kappa shape index (κ1) is 11.4. The lowest BCUT2D eigenvalue weighted by atomic mass is 9.76. The SMILES string of the molecule is CNCC1CCC1N1CCC(C)CC1C. The molecule has 0 spiro atoms. The van der Waals surface area contributed by atoms with Crippen molar-refractivity contribution < 1.29 is 0 Å². The van der Waals surface area contributed by atoms with E-state index in [1.54, 1.807) is 0 Å². The fourth-order valence-electron chi connectivity index (χ4n) is 3.41.